The van der Waals surface area contributed by atoms with E-state index >= 15 is 0 Å². The Morgan fingerprint density at radius 2 is 2.11 bits per heavy atom. The largest absolute Gasteiger partial charge is 0.476 e. The fraction of sp³-hybridized carbons (Fsp3) is 0.556. The summed E-state index contributed by atoms with van der Waals surface area (Å²) in [6, 6.07) is 0.0110. The van der Waals surface area contributed by atoms with E-state index in [-0.39, 0.29) is 10.3 Å². The fourth-order valence-electron chi connectivity index (χ4n) is 1.79. The van der Waals surface area contributed by atoms with E-state index in [4.69, 9.17) is 10.8 Å². The number of nitrogens with two attached hydrogens (primary N) is 1. The van der Waals surface area contributed by atoms with Crippen molar-refractivity contribution in [1.82, 2.24) is 9.29 Å². The number of carboxylic acid groups (broad SMARTS) is 1. The zero-order valence-electron chi connectivity index (χ0n) is 9.44. The maximum Gasteiger partial charge on any atom is 0.356 e. The molecule has 0 unspecified atom stereocenters. The van der Waals surface area contributed by atoms with Crippen LogP contribution in [0.2, 0.25) is 0 Å². The number of aromatic nitrogens is 1. The van der Waals surface area contributed by atoms with Gasteiger partial charge in [0.1, 0.15) is 0 Å². The van der Waals surface area contributed by atoms with E-state index in [1.165, 1.54) is 9.82 Å². The van der Waals surface area contributed by atoms with Gasteiger partial charge in [0.05, 0.1) is 5.51 Å². The van der Waals surface area contributed by atoms with Crippen LogP contribution in [-0.2, 0) is 10.0 Å². The lowest BCUT2D eigenvalue weighted by Gasteiger charge is -2.28. The number of nitrogens with zero attached hydrogens (tertiary/aromatic N) is 2. The first-order valence-corrected chi connectivity index (χ1v) is 7.67. The second kappa shape index (κ2) is 4.92. The minimum atomic E-state index is -3.76. The Bertz CT molecular complexity index is 546. The van der Waals surface area contributed by atoms with Gasteiger partial charge in [0.15, 0.2) is 9.90 Å². The van der Waals surface area contributed by atoms with Crippen LogP contribution in [0, 0.1) is 0 Å². The van der Waals surface area contributed by atoms with Gasteiger partial charge in [-0.25, -0.2) is 18.2 Å². The lowest BCUT2D eigenvalue weighted by molar-refractivity contribution is 0.0687. The number of rotatable bonds is 3. The molecular formula is C9H13N3O4S2. The van der Waals surface area contributed by atoms with Gasteiger partial charge in [-0.15, -0.1) is 11.3 Å². The monoisotopic (exact) mass is 291 g/mol. The molecule has 0 bridgehead atoms. The van der Waals surface area contributed by atoms with Crippen molar-refractivity contribution >= 4 is 27.3 Å². The summed E-state index contributed by atoms with van der Waals surface area (Å²) in [5.74, 6) is -1.33. The van der Waals surface area contributed by atoms with E-state index in [1.54, 1.807) is 0 Å². The predicted molar refractivity (Wildman–Crippen MR) is 65.0 cm³/mol. The highest BCUT2D eigenvalue weighted by Gasteiger charge is 2.33. The third kappa shape index (κ3) is 2.39. The SMILES string of the molecule is NC1CCN(S(=O)(=O)c2scnc2C(=O)O)CC1. The summed E-state index contributed by atoms with van der Waals surface area (Å²) in [6.07, 6.45) is 1.17. The smallest absolute Gasteiger partial charge is 0.356 e. The summed E-state index contributed by atoms with van der Waals surface area (Å²) >= 11 is 0.826. The molecule has 1 aromatic heterocycles. The molecule has 0 spiro atoms. The average Bonchev–Trinajstić information content (AvgIpc) is 2.79. The molecule has 100 valence electrons. The van der Waals surface area contributed by atoms with E-state index in [0.29, 0.717) is 25.9 Å². The lowest BCUT2D eigenvalue weighted by Crippen LogP contribution is -2.42. The summed E-state index contributed by atoms with van der Waals surface area (Å²) in [4.78, 5) is 14.5. The summed E-state index contributed by atoms with van der Waals surface area (Å²) in [5.41, 5.74) is 6.53. The molecule has 2 heterocycles. The molecule has 0 saturated carbocycles. The van der Waals surface area contributed by atoms with Crippen LogP contribution in [0.15, 0.2) is 9.72 Å². The van der Waals surface area contributed by atoms with Gasteiger partial charge in [-0.05, 0) is 12.8 Å². The molecule has 1 aliphatic rings. The van der Waals surface area contributed by atoms with Gasteiger partial charge in [-0.3, -0.25) is 0 Å². The van der Waals surface area contributed by atoms with Gasteiger partial charge in [-0.2, -0.15) is 4.31 Å². The van der Waals surface area contributed by atoms with Crippen LogP contribution in [0.5, 0.6) is 0 Å². The standard InChI is InChI=1S/C9H13N3O4S2/c10-6-1-3-12(4-2-6)18(15,16)9-7(8(13)14)11-5-17-9/h5-6H,1-4,10H2,(H,13,14). The number of hydrogen-bond donors (Lipinski definition) is 2. The molecule has 0 radical (unpaired) electrons. The van der Waals surface area contributed by atoms with Crippen LogP contribution < -0.4 is 5.73 Å². The van der Waals surface area contributed by atoms with Crippen molar-refractivity contribution in [3.05, 3.63) is 11.2 Å². The molecule has 0 atom stereocenters. The number of piperidine rings is 1. The number of aromatic carboxylic acids is 1. The minimum absolute atomic E-state index is 0.0110. The average molecular weight is 291 g/mol. The molecule has 9 heteroatoms. The number of carboxylic acids is 1. The molecule has 3 N–H and O–H groups in total. The third-order valence-electron chi connectivity index (χ3n) is 2.81. The lowest BCUT2D eigenvalue weighted by atomic mass is 10.1. The van der Waals surface area contributed by atoms with Gasteiger partial charge >= 0.3 is 5.97 Å². The van der Waals surface area contributed by atoms with Crippen LogP contribution in [0.3, 0.4) is 0 Å². The number of thiazole rings is 1. The summed E-state index contributed by atoms with van der Waals surface area (Å²) in [5, 5.41) is 8.90. The molecule has 0 aromatic carbocycles. The highest BCUT2D eigenvalue weighted by atomic mass is 32.2. The molecule has 0 aliphatic carbocycles. The van der Waals surface area contributed by atoms with Gasteiger partial charge < -0.3 is 10.8 Å². The highest BCUT2D eigenvalue weighted by molar-refractivity contribution is 7.91. The van der Waals surface area contributed by atoms with Crippen molar-refractivity contribution in [2.24, 2.45) is 5.73 Å². The molecule has 1 aromatic rings. The number of sulfonamides is 1. The van der Waals surface area contributed by atoms with Crippen molar-refractivity contribution in [2.45, 2.75) is 23.1 Å². The molecule has 1 saturated heterocycles. The van der Waals surface area contributed by atoms with E-state index in [2.05, 4.69) is 4.98 Å². The van der Waals surface area contributed by atoms with Gasteiger partial charge in [0.2, 0.25) is 0 Å². The normalized spacial score (nSPS) is 18.9. The molecule has 7 nitrogen and oxygen atoms in total. The van der Waals surface area contributed by atoms with Crippen molar-refractivity contribution in [1.29, 1.82) is 0 Å². The van der Waals surface area contributed by atoms with Gasteiger partial charge in [0, 0.05) is 19.1 Å². The first-order valence-electron chi connectivity index (χ1n) is 5.35. The van der Waals surface area contributed by atoms with Crippen LogP contribution in [0.25, 0.3) is 0 Å². The third-order valence-corrected chi connectivity index (χ3v) is 6.06. The number of hydrogen-bond acceptors (Lipinski definition) is 6. The molecule has 1 fully saturated rings. The van der Waals surface area contributed by atoms with Crippen LogP contribution in [-0.4, -0.2) is 47.9 Å². The Balaban J connectivity index is 2.31. The van der Waals surface area contributed by atoms with Crippen molar-refractivity contribution in [3.8, 4) is 0 Å². The Morgan fingerprint density at radius 3 is 2.67 bits per heavy atom. The second-order valence-electron chi connectivity index (χ2n) is 4.04. The second-order valence-corrected chi connectivity index (χ2v) is 7.02. The Kier molecular flexibility index (Phi) is 3.66. The molecule has 1 aliphatic heterocycles. The summed E-state index contributed by atoms with van der Waals surface area (Å²) in [7, 11) is -3.76. The maximum absolute atomic E-state index is 12.3. The van der Waals surface area contributed by atoms with Crippen LogP contribution in [0.4, 0.5) is 0 Å². The fourth-order valence-corrected chi connectivity index (χ4v) is 4.54. The van der Waals surface area contributed by atoms with E-state index in [0.717, 1.165) is 11.3 Å². The summed E-state index contributed by atoms with van der Waals surface area (Å²) in [6.45, 7) is 0.640. The Labute approximate surface area is 108 Å². The van der Waals surface area contributed by atoms with E-state index < -0.39 is 21.7 Å². The maximum atomic E-state index is 12.3. The topological polar surface area (TPSA) is 114 Å². The quantitative estimate of drug-likeness (QED) is 0.807. The van der Waals surface area contributed by atoms with Gasteiger partial charge in [-0.1, -0.05) is 0 Å². The zero-order valence-corrected chi connectivity index (χ0v) is 11.1. The highest BCUT2D eigenvalue weighted by Crippen LogP contribution is 2.26. The molecule has 0 amide bonds. The van der Waals surface area contributed by atoms with Crippen molar-refractivity contribution < 1.29 is 18.3 Å². The first kappa shape index (κ1) is 13.4. The first-order chi connectivity index (χ1) is 8.43. The zero-order chi connectivity index (χ0) is 13.3. The van der Waals surface area contributed by atoms with Gasteiger partial charge in [0.25, 0.3) is 10.0 Å². The minimum Gasteiger partial charge on any atom is -0.476 e. The molecule has 18 heavy (non-hydrogen) atoms. The Morgan fingerprint density at radius 1 is 1.50 bits per heavy atom. The van der Waals surface area contributed by atoms with Crippen LogP contribution in [0.1, 0.15) is 23.3 Å². The predicted octanol–water partition coefficient (Wildman–Crippen LogP) is -0.0469. The number of carbonyl (C=O) groups is 1. The van der Waals surface area contributed by atoms with E-state index in [9.17, 15) is 13.2 Å². The molecule has 2 rings (SSSR count). The van der Waals surface area contributed by atoms with Crippen molar-refractivity contribution in [3.63, 3.8) is 0 Å². The Hall–Kier alpha value is -1.03. The van der Waals surface area contributed by atoms with Crippen molar-refractivity contribution in [2.75, 3.05) is 13.1 Å². The van der Waals surface area contributed by atoms with Crippen LogP contribution >= 0.6 is 11.3 Å². The summed E-state index contributed by atoms with van der Waals surface area (Å²) < 4.78 is 25.6. The molecular weight excluding hydrogens is 278 g/mol. The van der Waals surface area contributed by atoms with E-state index in [1.807, 2.05) is 0 Å².